The third-order valence-corrected chi connectivity index (χ3v) is 5.03. The van der Waals surface area contributed by atoms with E-state index in [2.05, 4.69) is 10.2 Å². The zero-order valence-corrected chi connectivity index (χ0v) is 12.7. The van der Waals surface area contributed by atoms with Crippen molar-refractivity contribution in [3.8, 4) is 0 Å². The molecule has 21 heavy (non-hydrogen) atoms. The number of piperidine rings is 1. The molecule has 114 valence electrons. The number of halogens is 1. The molecule has 0 aromatic heterocycles. The largest absolute Gasteiger partial charge is 0.309 e. The highest BCUT2D eigenvalue weighted by Gasteiger charge is 2.31. The molecule has 0 spiro atoms. The summed E-state index contributed by atoms with van der Waals surface area (Å²) in [6, 6.07) is 5.98. The molecule has 2 aliphatic heterocycles. The normalized spacial score (nSPS) is 25.8. The lowest BCUT2D eigenvalue weighted by Gasteiger charge is -2.35. The zero-order chi connectivity index (χ0) is 14.8. The highest BCUT2D eigenvalue weighted by Crippen LogP contribution is 2.29. The second-order valence-electron chi connectivity index (χ2n) is 5.93. The quantitative estimate of drug-likeness (QED) is 0.686. The van der Waals surface area contributed by atoms with Gasteiger partial charge in [0.05, 0.1) is 15.5 Å². The minimum absolute atomic E-state index is 0.105. The zero-order valence-electron chi connectivity index (χ0n) is 11.9. The van der Waals surface area contributed by atoms with Crippen LogP contribution in [0.25, 0.3) is 0 Å². The van der Waals surface area contributed by atoms with Gasteiger partial charge >= 0.3 is 0 Å². The van der Waals surface area contributed by atoms with E-state index in [1.165, 1.54) is 25.5 Å². The van der Waals surface area contributed by atoms with Crippen LogP contribution in [0.2, 0.25) is 5.02 Å². The smallest absolute Gasteiger partial charge is 0.275 e. The van der Waals surface area contributed by atoms with Gasteiger partial charge in [0.1, 0.15) is 0 Å². The number of nitro groups is 1. The van der Waals surface area contributed by atoms with E-state index >= 15 is 0 Å². The van der Waals surface area contributed by atoms with Crippen molar-refractivity contribution in [1.29, 1.82) is 0 Å². The number of nitrogens with one attached hydrogen (secondary N) is 1. The lowest BCUT2D eigenvalue weighted by atomic mass is 9.97. The van der Waals surface area contributed by atoms with Crippen molar-refractivity contribution in [2.75, 3.05) is 13.1 Å². The van der Waals surface area contributed by atoms with E-state index in [4.69, 9.17) is 11.6 Å². The fourth-order valence-electron chi connectivity index (χ4n) is 3.55. The van der Waals surface area contributed by atoms with Crippen LogP contribution in [-0.2, 0) is 6.54 Å². The molecular formula is C15H20ClN3O2. The highest BCUT2D eigenvalue weighted by atomic mass is 35.5. The minimum atomic E-state index is -0.359. The van der Waals surface area contributed by atoms with E-state index in [9.17, 15) is 10.1 Å². The van der Waals surface area contributed by atoms with Gasteiger partial charge in [-0.25, -0.2) is 0 Å². The van der Waals surface area contributed by atoms with Crippen LogP contribution in [0, 0.1) is 10.1 Å². The molecule has 2 heterocycles. The predicted octanol–water partition coefficient (Wildman–Crippen LogP) is 2.96. The summed E-state index contributed by atoms with van der Waals surface area (Å²) in [7, 11) is 0. The summed E-state index contributed by atoms with van der Waals surface area (Å²) >= 11 is 6.13. The van der Waals surface area contributed by atoms with Crippen molar-refractivity contribution in [1.82, 2.24) is 10.2 Å². The van der Waals surface area contributed by atoms with Crippen molar-refractivity contribution in [3.63, 3.8) is 0 Å². The Morgan fingerprint density at radius 3 is 3.05 bits per heavy atom. The molecule has 0 radical (unpaired) electrons. The summed E-state index contributed by atoms with van der Waals surface area (Å²) < 4.78 is 0. The van der Waals surface area contributed by atoms with Crippen molar-refractivity contribution < 1.29 is 4.92 Å². The third kappa shape index (κ3) is 3.20. The van der Waals surface area contributed by atoms with E-state index in [0.717, 1.165) is 19.4 Å². The predicted molar refractivity (Wildman–Crippen MR) is 82.6 cm³/mol. The van der Waals surface area contributed by atoms with Gasteiger partial charge < -0.3 is 10.2 Å². The van der Waals surface area contributed by atoms with Gasteiger partial charge in [0.25, 0.3) is 5.69 Å². The molecule has 0 saturated carbocycles. The Hall–Kier alpha value is -1.17. The number of hydrogen-bond acceptors (Lipinski definition) is 4. The maximum Gasteiger partial charge on any atom is 0.275 e. The van der Waals surface area contributed by atoms with Crippen LogP contribution in [0.15, 0.2) is 18.2 Å². The molecule has 0 bridgehead atoms. The summed E-state index contributed by atoms with van der Waals surface area (Å²) in [5.41, 5.74) is 0.700. The Morgan fingerprint density at radius 1 is 1.38 bits per heavy atom. The van der Waals surface area contributed by atoms with Crippen molar-refractivity contribution >= 4 is 17.3 Å². The van der Waals surface area contributed by atoms with Gasteiger partial charge in [-0.15, -0.1) is 0 Å². The van der Waals surface area contributed by atoms with Crippen molar-refractivity contribution in [2.45, 2.75) is 44.3 Å². The summed E-state index contributed by atoms with van der Waals surface area (Å²) in [5, 5.41) is 15.0. The van der Waals surface area contributed by atoms with Crippen LogP contribution in [0.4, 0.5) is 5.69 Å². The summed E-state index contributed by atoms with van der Waals surface area (Å²) in [5.74, 6) is 0. The monoisotopic (exact) mass is 309 g/mol. The van der Waals surface area contributed by atoms with Crippen LogP contribution >= 0.6 is 11.6 Å². The van der Waals surface area contributed by atoms with Gasteiger partial charge in [-0.3, -0.25) is 10.1 Å². The maximum absolute atomic E-state index is 11.1. The number of nitrogens with zero attached hydrogens (tertiary/aromatic N) is 2. The summed E-state index contributed by atoms with van der Waals surface area (Å²) in [6.07, 6.45) is 4.82. The topological polar surface area (TPSA) is 58.4 Å². The van der Waals surface area contributed by atoms with Crippen LogP contribution in [0.5, 0.6) is 0 Å². The van der Waals surface area contributed by atoms with Crippen LogP contribution in [-0.4, -0.2) is 35.0 Å². The first-order valence-corrected chi connectivity index (χ1v) is 7.92. The third-order valence-electron chi connectivity index (χ3n) is 4.68. The molecular weight excluding hydrogens is 290 g/mol. The molecule has 2 saturated heterocycles. The first-order valence-electron chi connectivity index (χ1n) is 7.54. The molecule has 5 nitrogen and oxygen atoms in total. The van der Waals surface area contributed by atoms with E-state index < -0.39 is 0 Å². The molecule has 2 unspecified atom stereocenters. The second-order valence-corrected chi connectivity index (χ2v) is 6.34. The lowest BCUT2D eigenvalue weighted by Crippen LogP contribution is -2.45. The summed E-state index contributed by atoms with van der Waals surface area (Å²) in [4.78, 5) is 13.3. The molecule has 1 aromatic rings. The van der Waals surface area contributed by atoms with E-state index in [1.54, 1.807) is 12.1 Å². The average molecular weight is 310 g/mol. The minimum Gasteiger partial charge on any atom is -0.309 e. The second kappa shape index (κ2) is 6.30. The number of fused-ring (bicyclic) bond motifs is 1. The van der Waals surface area contributed by atoms with Gasteiger partial charge in [-0.05, 0) is 44.8 Å². The molecule has 2 aliphatic rings. The Labute approximate surface area is 129 Å². The van der Waals surface area contributed by atoms with Gasteiger partial charge in [0.15, 0.2) is 0 Å². The molecule has 0 amide bonds. The average Bonchev–Trinajstić information content (AvgIpc) is 2.93. The van der Waals surface area contributed by atoms with E-state index in [1.807, 2.05) is 0 Å². The molecule has 1 N–H and O–H groups in total. The van der Waals surface area contributed by atoms with Crippen molar-refractivity contribution in [2.24, 2.45) is 0 Å². The molecule has 2 fully saturated rings. The fraction of sp³-hybridized carbons (Fsp3) is 0.600. The van der Waals surface area contributed by atoms with Gasteiger partial charge in [-0.2, -0.15) is 0 Å². The van der Waals surface area contributed by atoms with Crippen LogP contribution < -0.4 is 5.32 Å². The first kappa shape index (κ1) is 14.8. The number of rotatable bonds is 4. The van der Waals surface area contributed by atoms with Gasteiger partial charge in [0, 0.05) is 24.7 Å². The summed E-state index contributed by atoms with van der Waals surface area (Å²) in [6.45, 7) is 2.83. The highest BCUT2D eigenvalue weighted by molar-refractivity contribution is 6.31. The maximum atomic E-state index is 11.1. The van der Waals surface area contributed by atoms with Crippen LogP contribution in [0.3, 0.4) is 0 Å². The molecule has 0 aliphatic carbocycles. The Kier molecular flexibility index (Phi) is 4.42. The van der Waals surface area contributed by atoms with Gasteiger partial charge in [0.2, 0.25) is 0 Å². The Bertz CT molecular complexity index is 538. The van der Waals surface area contributed by atoms with Gasteiger partial charge in [-0.1, -0.05) is 17.7 Å². The van der Waals surface area contributed by atoms with E-state index in [0.29, 0.717) is 29.2 Å². The van der Waals surface area contributed by atoms with Crippen LogP contribution in [0.1, 0.15) is 31.2 Å². The SMILES string of the molecule is O=[N+]([O-])c1cccc(Cl)c1CNC1CCN2CCCC2C1. The number of nitro benzene ring substituents is 1. The first-order chi connectivity index (χ1) is 10.1. The molecule has 1 aromatic carbocycles. The molecule has 2 atom stereocenters. The van der Waals surface area contributed by atoms with Crippen molar-refractivity contribution in [3.05, 3.63) is 38.9 Å². The fourth-order valence-corrected chi connectivity index (χ4v) is 3.79. The number of benzene rings is 1. The van der Waals surface area contributed by atoms with E-state index in [-0.39, 0.29) is 10.6 Å². The molecule has 6 heteroatoms. The standard InChI is InChI=1S/C15H20ClN3O2/c16-14-4-1-5-15(19(20)21)13(14)10-17-11-6-8-18-7-2-3-12(18)9-11/h1,4-5,11-12,17H,2-3,6-10H2. The molecule has 3 rings (SSSR count). The Morgan fingerprint density at radius 2 is 2.24 bits per heavy atom. The Balaban J connectivity index is 1.64. The number of hydrogen-bond donors (Lipinski definition) is 1. The lowest BCUT2D eigenvalue weighted by molar-refractivity contribution is -0.385.